The molecule has 0 spiro atoms. The Kier molecular flexibility index (Phi) is 6.85. The topological polar surface area (TPSA) is 50.4 Å². The third-order valence-corrected chi connectivity index (χ3v) is 4.59. The Hall–Kier alpha value is -2.04. The molecule has 25 heavy (non-hydrogen) atoms. The number of para-hydroxylation sites is 2. The Morgan fingerprint density at radius 1 is 1.08 bits per heavy atom. The highest BCUT2D eigenvalue weighted by atomic mass is 35.5. The molecular weight excluding hydrogens is 336 g/mol. The highest BCUT2D eigenvalue weighted by Gasteiger charge is 2.27. The zero-order valence-corrected chi connectivity index (χ0v) is 15.3. The van der Waals surface area contributed by atoms with Crippen molar-refractivity contribution < 1.29 is 9.53 Å². The van der Waals surface area contributed by atoms with Crippen LogP contribution in [-0.2, 0) is 0 Å². The number of halogens is 1. The van der Waals surface area contributed by atoms with E-state index in [0.717, 1.165) is 31.7 Å². The van der Waals surface area contributed by atoms with Crippen molar-refractivity contribution >= 4 is 18.3 Å². The number of hydrogen-bond acceptors (Lipinski definition) is 3. The van der Waals surface area contributed by atoms with Crippen LogP contribution in [0.2, 0.25) is 0 Å². The van der Waals surface area contributed by atoms with Gasteiger partial charge < -0.3 is 15.4 Å². The molecule has 1 aliphatic heterocycles. The number of benzene rings is 2. The molecule has 0 atom stereocenters. The fourth-order valence-corrected chi connectivity index (χ4v) is 2.95. The third-order valence-electron chi connectivity index (χ3n) is 4.59. The van der Waals surface area contributed by atoms with Crippen LogP contribution in [0, 0.1) is 5.41 Å². The van der Waals surface area contributed by atoms with Crippen LogP contribution in [0.1, 0.15) is 30.1 Å². The molecule has 0 saturated carbocycles. The number of amides is 1. The van der Waals surface area contributed by atoms with Gasteiger partial charge in [0.25, 0.3) is 5.91 Å². The van der Waals surface area contributed by atoms with Gasteiger partial charge in [0.05, 0.1) is 5.56 Å². The number of piperidine rings is 1. The highest BCUT2D eigenvalue weighted by molar-refractivity contribution is 5.97. The first kappa shape index (κ1) is 19.3. The van der Waals surface area contributed by atoms with Crippen molar-refractivity contribution in [3.05, 3.63) is 60.2 Å². The molecule has 0 unspecified atom stereocenters. The second kappa shape index (κ2) is 8.88. The van der Waals surface area contributed by atoms with Gasteiger partial charge in [-0.3, -0.25) is 4.79 Å². The summed E-state index contributed by atoms with van der Waals surface area (Å²) in [6.45, 7) is 4.95. The van der Waals surface area contributed by atoms with Gasteiger partial charge in [-0.1, -0.05) is 37.3 Å². The normalized spacial score (nSPS) is 15.7. The number of carbonyl (C=O) groups excluding carboxylic acids is 1. The van der Waals surface area contributed by atoms with Crippen molar-refractivity contribution in [3.8, 4) is 11.5 Å². The summed E-state index contributed by atoms with van der Waals surface area (Å²) in [5.41, 5.74) is 0.731. The molecule has 0 radical (unpaired) electrons. The minimum atomic E-state index is -0.0821. The molecule has 5 heteroatoms. The monoisotopic (exact) mass is 360 g/mol. The summed E-state index contributed by atoms with van der Waals surface area (Å²) >= 11 is 0. The van der Waals surface area contributed by atoms with Crippen LogP contribution in [-0.4, -0.2) is 25.5 Å². The van der Waals surface area contributed by atoms with E-state index in [0.29, 0.717) is 17.9 Å². The molecule has 0 aromatic heterocycles. The summed E-state index contributed by atoms with van der Waals surface area (Å²) in [4.78, 5) is 12.6. The van der Waals surface area contributed by atoms with E-state index in [1.807, 2.05) is 48.5 Å². The first-order chi connectivity index (χ1) is 11.7. The quantitative estimate of drug-likeness (QED) is 0.846. The van der Waals surface area contributed by atoms with Gasteiger partial charge in [-0.25, -0.2) is 0 Å². The van der Waals surface area contributed by atoms with Crippen molar-refractivity contribution in [3.63, 3.8) is 0 Å². The van der Waals surface area contributed by atoms with Gasteiger partial charge in [-0.2, -0.15) is 0 Å². The van der Waals surface area contributed by atoms with Gasteiger partial charge in [0.15, 0.2) is 0 Å². The maximum Gasteiger partial charge on any atom is 0.255 e. The molecule has 0 aliphatic carbocycles. The molecule has 1 aliphatic rings. The summed E-state index contributed by atoms with van der Waals surface area (Å²) in [7, 11) is 0. The summed E-state index contributed by atoms with van der Waals surface area (Å²) < 4.78 is 5.88. The fourth-order valence-electron chi connectivity index (χ4n) is 2.95. The second-order valence-corrected chi connectivity index (χ2v) is 6.65. The summed E-state index contributed by atoms with van der Waals surface area (Å²) in [5, 5.41) is 6.45. The summed E-state index contributed by atoms with van der Waals surface area (Å²) in [6, 6.07) is 16.9. The molecule has 2 N–H and O–H groups in total. The lowest BCUT2D eigenvalue weighted by Crippen LogP contribution is -2.42. The Bertz CT molecular complexity index is 685. The Balaban J connectivity index is 0.00000225. The lowest BCUT2D eigenvalue weighted by atomic mass is 9.81. The number of rotatable bonds is 5. The van der Waals surface area contributed by atoms with Crippen LogP contribution in [0.4, 0.5) is 0 Å². The standard InChI is InChI=1S/C20H24N2O2.ClH/c1-20(11-13-21-14-12-20)15-22-19(23)17-9-5-6-10-18(17)24-16-7-3-2-4-8-16;/h2-10,21H,11-15H2,1H3,(H,22,23);1H. The zero-order valence-electron chi connectivity index (χ0n) is 14.5. The first-order valence-electron chi connectivity index (χ1n) is 8.47. The Labute approximate surface area is 155 Å². The van der Waals surface area contributed by atoms with Crippen molar-refractivity contribution in [1.29, 1.82) is 0 Å². The van der Waals surface area contributed by atoms with Crippen LogP contribution in [0.5, 0.6) is 11.5 Å². The molecule has 1 fully saturated rings. The minimum absolute atomic E-state index is 0. The number of carbonyl (C=O) groups is 1. The maximum atomic E-state index is 12.6. The van der Waals surface area contributed by atoms with E-state index in [4.69, 9.17) is 4.74 Å². The maximum absolute atomic E-state index is 12.6. The first-order valence-corrected chi connectivity index (χ1v) is 8.47. The third kappa shape index (κ3) is 5.21. The molecule has 1 amide bonds. The molecule has 1 heterocycles. The molecular formula is C20H25ClN2O2. The van der Waals surface area contributed by atoms with Crippen molar-refractivity contribution in [2.24, 2.45) is 5.41 Å². The Morgan fingerprint density at radius 3 is 2.44 bits per heavy atom. The van der Waals surface area contributed by atoms with Crippen LogP contribution >= 0.6 is 12.4 Å². The van der Waals surface area contributed by atoms with E-state index in [9.17, 15) is 4.79 Å². The van der Waals surface area contributed by atoms with E-state index in [2.05, 4.69) is 17.6 Å². The number of hydrogen-bond donors (Lipinski definition) is 2. The smallest absolute Gasteiger partial charge is 0.255 e. The number of ether oxygens (including phenoxy) is 1. The Morgan fingerprint density at radius 2 is 1.72 bits per heavy atom. The molecule has 2 aromatic rings. The fraction of sp³-hybridized carbons (Fsp3) is 0.350. The largest absolute Gasteiger partial charge is 0.457 e. The molecule has 3 rings (SSSR count). The predicted octanol–water partition coefficient (Wildman–Crippen LogP) is 4.02. The molecule has 4 nitrogen and oxygen atoms in total. The van der Waals surface area contributed by atoms with E-state index in [1.165, 1.54) is 0 Å². The van der Waals surface area contributed by atoms with Crippen molar-refractivity contribution in [1.82, 2.24) is 10.6 Å². The SMILES string of the molecule is CC1(CNC(=O)c2ccccc2Oc2ccccc2)CCNCC1.Cl. The molecule has 0 bridgehead atoms. The second-order valence-electron chi connectivity index (χ2n) is 6.65. The van der Waals surface area contributed by atoms with Gasteiger partial charge >= 0.3 is 0 Å². The van der Waals surface area contributed by atoms with Crippen LogP contribution in [0.25, 0.3) is 0 Å². The van der Waals surface area contributed by atoms with E-state index in [1.54, 1.807) is 6.07 Å². The highest BCUT2D eigenvalue weighted by Crippen LogP contribution is 2.28. The van der Waals surface area contributed by atoms with Gasteiger partial charge in [-0.05, 0) is 55.6 Å². The van der Waals surface area contributed by atoms with Crippen molar-refractivity contribution in [2.45, 2.75) is 19.8 Å². The van der Waals surface area contributed by atoms with Crippen LogP contribution < -0.4 is 15.4 Å². The van der Waals surface area contributed by atoms with Crippen LogP contribution in [0.3, 0.4) is 0 Å². The molecule has 2 aromatic carbocycles. The minimum Gasteiger partial charge on any atom is -0.457 e. The average molecular weight is 361 g/mol. The molecule has 134 valence electrons. The van der Waals surface area contributed by atoms with E-state index in [-0.39, 0.29) is 23.7 Å². The van der Waals surface area contributed by atoms with Crippen molar-refractivity contribution in [2.75, 3.05) is 19.6 Å². The van der Waals surface area contributed by atoms with E-state index >= 15 is 0 Å². The number of nitrogens with one attached hydrogen (secondary N) is 2. The summed E-state index contributed by atoms with van der Waals surface area (Å²) in [5.74, 6) is 1.22. The van der Waals surface area contributed by atoms with Gasteiger partial charge in [0.2, 0.25) is 0 Å². The van der Waals surface area contributed by atoms with Gasteiger partial charge in [0, 0.05) is 6.54 Å². The predicted molar refractivity (Wildman–Crippen MR) is 103 cm³/mol. The average Bonchev–Trinajstić information content (AvgIpc) is 2.62. The van der Waals surface area contributed by atoms with E-state index < -0.39 is 0 Å². The molecule has 1 saturated heterocycles. The van der Waals surface area contributed by atoms with Gasteiger partial charge in [0.1, 0.15) is 11.5 Å². The lowest BCUT2D eigenvalue weighted by Gasteiger charge is -2.34. The lowest BCUT2D eigenvalue weighted by molar-refractivity contribution is 0.0920. The zero-order chi connectivity index (χ0) is 16.8. The van der Waals surface area contributed by atoms with Gasteiger partial charge in [-0.15, -0.1) is 12.4 Å². The van der Waals surface area contributed by atoms with Crippen LogP contribution in [0.15, 0.2) is 54.6 Å². The summed E-state index contributed by atoms with van der Waals surface area (Å²) in [6.07, 6.45) is 2.16.